The van der Waals surface area contributed by atoms with Gasteiger partial charge in [-0.05, 0) is 29.8 Å². The number of amides is 2. The Labute approximate surface area is 141 Å². The van der Waals surface area contributed by atoms with Crippen LogP contribution in [0.2, 0.25) is 0 Å². The summed E-state index contributed by atoms with van der Waals surface area (Å²) in [6, 6.07) is 11.5. The normalized spacial score (nSPS) is 14.5. The first-order chi connectivity index (χ1) is 11.8. The third-order valence-corrected chi connectivity index (χ3v) is 4.01. The van der Waals surface area contributed by atoms with Crippen molar-refractivity contribution in [2.75, 3.05) is 33.4 Å². The standard InChI is InChI=1S/C18H22N2O4/c1-22-16-6-4-15(5-7-16)13-20(14-17-3-2-10-24-17)18(21)19-8-11-23-12-9-19/h2-7,10H,8-9,11-14H2,1H3. The molecule has 6 heteroatoms. The summed E-state index contributed by atoms with van der Waals surface area (Å²) in [6.07, 6.45) is 1.63. The monoisotopic (exact) mass is 330 g/mol. The van der Waals surface area contributed by atoms with E-state index in [0.717, 1.165) is 17.1 Å². The van der Waals surface area contributed by atoms with E-state index in [1.165, 1.54) is 0 Å². The summed E-state index contributed by atoms with van der Waals surface area (Å²) in [5.41, 5.74) is 1.05. The molecule has 0 saturated carbocycles. The van der Waals surface area contributed by atoms with Gasteiger partial charge >= 0.3 is 6.03 Å². The van der Waals surface area contributed by atoms with E-state index in [0.29, 0.717) is 39.4 Å². The van der Waals surface area contributed by atoms with Gasteiger partial charge in [0.2, 0.25) is 0 Å². The summed E-state index contributed by atoms with van der Waals surface area (Å²) < 4.78 is 15.9. The van der Waals surface area contributed by atoms with Crippen LogP contribution in [0.3, 0.4) is 0 Å². The van der Waals surface area contributed by atoms with Crippen molar-refractivity contribution in [3.8, 4) is 5.75 Å². The molecule has 24 heavy (non-hydrogen) atoms. The van der Waals surface area contributed by atoms with Crippen molar-refractivity contribution < 1.29 is 18.7 Å². The van der Waals surface area contributed by atoms with Crippen LogP contribution in [0.5, 0.6) is 5.75 Å². The van der Waals surface area contributed by atoms with Crippen LogP contribution in [-0.2, 0) is 17.8 Å². The van der Waals surface area contributed by atoms with Gasteiger partial charge in [-0.25, -0.2) is 4.79 Å². The van der Waals surface area contributed by atoms with Gasteiger partial charge in [0.05, 0.1) is 33.1 Å². The Kier molecular flexibility index (Phi) is 5.38. The van der Waals surface area contributed by atoms with Crippen molar-refractivity contribution in [1.82, 2.24) is 9.80 Å². The van der Waals surface area contributed by atoms with Crippen LogP contribution < -0.4 is 4.74 Å². The molecule has 1 aliphatic heterocycles. The van der Waals surface area contributed by atoms with E-state index in [1.54, 1.807) is 18.3 Å². The molecule has 0 atom stereocenters. The summed E-state index contributed by atoms with van der Waals surface area (Å²) in [4.78, 5) is 16.5. The van der Waals surface area contributed by atoms with Gasteiger partial charge < -0.3 is 23.7 Å². The highest BCUT2D eigenvalue weighted by molar-refractivity contribution is 5.74. The van der Waals surface area contributed by atoms with Crippen LogP contribution in [-0.4, -0.2) is 49.2 Å². The van der Waals surface area contributed by atoms with Gasteiger partial charge in [0.25, 0.3) is 0 Å². The smallest absolute Gasteiger partial charge is 0.320 e. The summed E-state index contributed by atoms with van der Waals surface area (Å²) in [5, 5.41) is 0. The number of carbonyl (C=O) groups is 1. The fraction of sp³-hybridized carbons (Fsp3) is 0.389. The maximum atomic E-state index is 12.9. The number of methoxy groups -OCH3 is 1. The highest BCUT2D eigenvalue weighted by Gasteiger charge is 2.24. The van der Waals surface area contributed by atoms with Gasteiger partial charge in [0.1, 0.15) is 11.5 Å². The zero-order valence-corrected chi connectivity index (χ0v) is 13.8. The van der Waals surface area contributed by atoms with E-state index in [2.05, 4.69) is 0 Å². The minimum atomic E-state index is 0.00511. The van der Waals surface area contributed by atoms with Gasteiger partial charge in [-0.3, -0.25) is 0 Å². The van der Waals surface area contributed by atoms with Crippen molar-refractivity contribution >= 4 is 6.03 Å². The first kappa shape index (κ1) is 16.4. The van der Waals surface area contributed by atoms with Gasteiger partial charge in [-0.15, -0.1) is 0 Å². The molecule has 2 heterocycles. The van der Waals surface area contributed by atoms with Crippen molar-refractivity contribution in [2.45, 2.75) is 13.1 Å². The Morgan fingerprint density at radius 1 is 1.17 bits per heavy atom. The van der Waals surface area contributed by atoms with Crippen LogP contribution in [0.25, 0.3) is 0 Å². The maximum Gasteiger partial charge on any atom is 0.320 e. The lowest BCUT2D eigenvalue weighted by molar-refractivity contribution is 0.0413. The lowest BCUT2D eigenvalue weighted by Gasteiger charge is -2.32. The van der Waals surface area contributed by atoms with Crippen molar-refractivity contribution in [3.05, 3.63) is 54.0 Å². The number of ether oxygens (including phenoxy) is 2. The van der Waals surface area contributed by atoms with Crippen molar-refractivity contribution in [1.29, 1.82) is 0 Å². The molecule has 1 saturated heterocycles. The minimum absolute atomic E-state index is 0.00511. The molecule has 3 rings (SSSR count). The molecular weight excluding hydrogens is 308 g/mol. The zero-order chi connectivity index (χ0) is 16.8. The predicted molar refractivity (Wildman–Crippen MR) is 88.7 cm³/mol. The van der Waals surface area contributed by atoms with E-state index < -0.39 is 0 Å². The van der Waals surface area contributed by atoms with Gasteiger partial charge in [0.15, 0.2) is 0 Å². The summed E-state index contributed by atoms with van der Waals surface area (Å²) in [7, 11) is 1.64. The Morgan fingerprint density at radius 2 is 1.92 bits per heavy atom. The van der Waals surface area contributed by atoms with E-state index in [1.807, 2.05) is 41.3 Å². The molecule has 0 radical (unpaired) electrons. The lowest BCUT2D eigenvalue weighted by atomic mass is 10.2. The molecule has 1 aromatic heterocycles. The molecular formula is C18H22N2O4. The molecule has 0 unspecified atom stereocenters. The minimum Gasteiger partial charge on any atom is -0.497 e. The number of benzene rings is 1. The number of rotatable bonds is 5. The fourth-order valence-electron chi connectivity index (χ4n) is 2.69. The number of hydrogen-bond donors (Lipinski definition) is 0. The van der Waals surface area contributed by atoms with Gasteiger partial charge in [-0.2, -0.15) is 0 Å². The average molecular weight is 330 g/mol. The predicted octanol–water partition coefficient (Wildman–Crippen LogP) is 2.74. The summed E-state index contributed by atoms with van der Waals surface area (Å²) >= 11 is 0. The van der Waals surface area contributed by atoms with Crippen LogP contribution in [0.1, 0.15) is 11.3 Å². The highest BCUT2D eigenvalue weighted by atomic mass is 16.5. The first-order valence-corrected chi connectivity index (χ1v) is 8.03. The van der Waals surface area contributed by atoms with E-state index in [9.17, 15) is 4.79 Å². The summed E-state index contributed by atoms with van der Waals surface area (Å²) in [5.74, 6) is 1.57. The molecule has 0 aliphatic carbocycles. The highest BCUT2D eigenvalue weighted by Crippen LogP contribution is 2.17. The van der Waals surface area contributed by atoms with Crippen LogP contribution in [0.15, 0.2) is 47.1 Å². The molecule has 1 aliphatic rings. The van der Waals surface area contributed by atoms with E-state index in [-0.39, 0.29) is 6.03 Å². The molecule has 1 fully saturated rings. The Balaban J connectivity index is 1.73. The number of carbonyl (C=O) groups excluding carboxylic acids is 1. The topological polar surface area (TPSA) is 55.2 Å². The Morgan fingerprint density at radius 3 is 2.54 bits per heavy atom. The number of hydrogen-bond acceptors (Lipinski definition) is 4. The molecule has 6 nitrogen and oxygen atoms in total. The number of furan rings is 1. The third kappa shape index (κ3) is 4.08. The quantitative estimate of drug-likeness (QED) is 0.846. The first-order valence-electron chi connectivity index (χ1n) is 8.03. The molecule has 0 N–H and O–H groups in total. The Bertz CT molecular complexity index is 634. The van der Waals surface area contributed by atoms with Crippen LogP contribution >= 0.6 is 0 Å². The second-order valence-electron chi connectivity index (χ2n) is 5.67. The maximum absolute atomic E-state index is 12.9. The lowest BCUT2D eigenvalue weighted by Crippen LogP contribution is -2.47. The van der Waals surface area contributed by atoms with E-state index in [4.69, 9.17) is 13.9 Å². The molecule has 1 aromatic carbocycles. The average Bonchev–Trinajstić information content (AvgIpc) is 3.15. The zero-order valence-electron chi connectivity index (χ0n) is 13.8. The van der Waals surface area contributed by atoms with Gasteiger partial charge in [-0.1, -0.05) is 12.1 Å². The van der Waals surface area contributed by atoms with Gasteiger partial charge in [0, 0.05) is 19.6 Å². The Hall–Kier alpha value is -2.47. The number of morpholine rings is 1. The number of nitrogens with zero attached hydrogens (tertiary/aromatic N) is 2. The molecule has 2 amide bonds. The fourth-order valence-corrected chi connectivity index (χ4v) is 2.69. The summed E-state index contributed by atoms with van der Waals surface area (Å²) in [6.45, 7) is 3.37. The second kappa shape index (κ2) is 7.88. The molecule has 0 bridgehead atoms. The molecule has 2 aromatic rings. The third-order valence-electron chi connectivity index (χ3n) is 4.01. The number of urea groups is 1. The van der Waals surface area contributed by atoms with Crippen molar-refractivity contribution in [3.63, 3.8) is 0 Å². The van der Waals surface area contributed by atoms with E-state index >= 15 is 0 Å². The largest absolute Gasteiger partial charge is 0.497 e. The van der Waals surface area contributed by atoms with Crippen molar-refractivity contribution in [2.24, 2.45) is 0 Å². The van der Waals surface area contributed by atoms with Crippen LogP contribution in [0.4, 0.5) is 4.79 Å². The second-order valence-corrected chi connectivity index (χ2v) is 5.67. The molecule has 128 valence electrons. The SMILES string of the molecule is COc1ccc(CN(Cc2ccco2)C(=O)N2CCOCC2)cc1. The molecule has 0 spiro atoms. The van der Waals surface area contributed by atoms with Crippen LogP contribution in [0, 0.1) is 0 Å².